The molecule has 0 spiro atoms. The van der Waals surface area contributed by atoms with Crippen molar-refractivity contribution in [2.75, 3.05) is 0 Å². The number of aromatic nitrogens is 2. The van der Waals surface area contributed by atoms with Crippen LogP contribution in [0.4, 0.5) is 0 Å². The van der Waals surface area contributed by atoms with Gasteiger partial charge in [-0.05, 0) is 49.4 Å². The van der Waals surface area contributed by atoms with Gasteiger partial charge in [0, 0.05) is 23.4 Å². The maximum absolute atomic E-state index is 12.6. The third-order valence-corrected chi connectivity index (χ3v) is 5.90. The summed E-state index contributed by atoms with van der Waals surface area (Å²) in [6.07, 6.45) is 0. The van der Waals surface area contributed by atoms with E-state index in [4.69, 9.17) is 0 Å². The molecule has 1 unspecified atom stereocenters. The van der Waals surface area contributed by atoms with Gasteiger partial charge in [-0.3, -0.25) is 14.3 Å². The summed E-state index contributed by atoms with van der Waals surface area (Å²) in [5, 5.41) is 10.4. The van der Waals surface area contributed by atoms with Crippen LogP contribution < -0.4 is 10.6 Å². The number of rotatable bonds is 7. The molecule has 0 aliphatic rings. The smallest absolute Gasteiger partial charge is 0.251 e. The molecule has 6 heteroatoms. The SMILES string of the molecule is Cc1nn(Cc2ccccc2)c(C)c1CNC(=O)C(C)NC(=O)c1ccc(C(C)(C)C)cc1. The molecule has 3 aromatic rings. The van der Waals surface area contributed by atoms with Gasteiger partial charge in [-0.2, -0.15) is 5.10 Å². The van der Waals surface area contributed by atoms with Crippen LogP contribution >= 0.6 is 0 Å². The molecule has 2 amide bonds. The molecule has 0 bridgehead atoms. The molecule has 1 aromatic heterocycles. The van der Waals surface area contributed by atoms with Crippen LogP contribution in [0.3, 0.4) is 0 Å². The molecule has 6 nitrogen and oxygen atoms in total. The van der Waals surface area contributed by atoms with Crippen LogP contribution in [0.2, 0.25) is 0 Å². The molecular weight excluding hydrogens is 412 g/mol. The van der Waals surface area contributed by atoms with Gasteiger partial charge in [-0.25, -0.2) is 0 Å². The minimum Gasteiger partial charge on any atom is -0.350 e. The van der Waals surface area contributed by atoms with E-state index >= 15 is 0 Å². The van der Waals surface area contributed by atoms with Gasteiger partial charge < -0.3 is 10.6 Å². The Morgan fingerprint density at radius 2 is 1.64 bits per heavy atom. The van der Waals surface area contributed by atoms with Gasteiger partial charge in [0.15, 0.2) is 0 Å². The Morgan fingerprint density at radius 3 is 2.24 bits per heavy atom. The van der Waals surface area contributed by atoms with Crippen molar-refractivity contribution in [2.24, 2.45) is 0 Å². The molecule has 1 atom stereocenters. The van der Waals surface area contributed by atoms with Crippen LogP contribution in [0, 0.1) is 13.8 Å². The molecule has 0 saturated carbocycles. The van der Waals surface area contributed by atoms with Gasteiger partial charge in [0.1, 0.15) is 6.04 Å². The van der Waals surface area contributed by atoms with Crippen LogP contribution in [-0.2, 0) is 23.3 Å². The van der Waals surface area contributed by atoms with E-state index in [9.17, 15) is 9.59 Å². The number of hydrogen-bond acceptors (Lipinski definition) is 3. The predicted molar refractivity (Wildman–Crippen MR) is 131 cm³/mol. The normalized spacial score (nSPS) is 12.3. The quantitative estimate of drug-likeness (QED) is 0.569. The number of carbonyl (C=O) groups is 2. The highest BCUT2D eigenvalue weighted by molar-refractivity contribution is 5.97. The third-order valence-electron chi connectivity index (χ3n) is 5.90. The predicted octanol–water partition coefficient (Wildman–Crippen LogP) is 4.28. The van der Waals surface area contributed by atoms with Gasteiger partial charge in [0.05, 0.1) is 12.2 Å². The monoisotopic (exact) mass is 446 g/mol. The van der Waals surface area contributed by atoms with Crippen LogP contribution in [-0.4, -0.2) is 27.6 Å². The standard InChI is InChI=1S/C27H34N4O2/c1-18-24(20(3)31(30-18)17-21-10-8-7-9-11-21)16-28-25(32)19(2)29-26(33)22-12-14-23(15-13-22)27(4,5)6/h7-15,19H,16-17H2,1-6H3,(H,28,32)(H,29,33). The maximum Gasteiger partial charge on any atom is 0.251 e. The molecule has 33 heavy (non-hydrogen) atoms. The Balaban J connectivity index is 1.57. The summed E-state index contributed by atoms with van der Waals surface area (Å²) in [7, 11) is 0. The third kappa shape index (κ3) is 6.09. The molecule has 2 aromatic carbocycles. The summed E-state index contributed by atoms with van der Waals surface area (Å²) in [5.74, 6) is -0.495. The summed E-state index contributed by atoms with van der Waals surface area (Å²) in [6.45, 7) is 13.1. The van der Waals surface area contributed by atoms with E-state index in [1.54, 1.807) is 19.1 Å². The first-order chi connectivity index (χ1) is 15.6. The van der Waals surface area contributed by atoms with E-state index in [1.165, 1.54) is 5.56 Å². The van der Waals surface area contributed by atoms with Crippen LogP contribution in [0.1, 0.15) is 66.1 Å². The van der Waals surface area contributed by atoms with Crippen molar-refractivity contribution in [2.45, 2.75) is 66.1 Å². The van der Waals surface area contributed by atoms with E-state index in [-0.39, 0.29) is 17.2 Å². The van der Waals surface area contributed by atoms with E-state index in [0.29, 0.717) is 18.7 Å². The lowest BCUT2D eigenvalue weighted by molar-refractivity contribution is -0.122. The number of amides is 2. The summed E-state index contributed by atoms with van der Waals surface area (Å²) in [4.78, 5) is 25.2. The fourth-order valence-electron chi connectivity index (χ4n) is 3.70. The molecule has 0 aliphatic heterocycles. The number of nitrogens with one attached hydrogen (secondary N) is 2. The summed E-state index contributed by atoms with van der Waals surface area (Å²) >= 11 is 0. The zero-order valence-corrected chi connectivity index (χ0v) is 20.4. The van der Waals surface area contributed by atoms with Crippen molar-refractivity contribution < 1.29 is 9.59 Å². The van der Waals surface area contributed by atoms with Crippen LogP contribution in [0.15, 0.2) is 54.6 Å². The lowest BCUT2D eigenvalue weighted by atomic mass is 9.86. The molecule has 0 saturated heterocycles. The van der Waals surface area contributed by atoms with Crippen molar-refractivity contribution in [1.82, 2.24) is 20.4 Å². The fraction of sp³-hybridized carbons (Fsp3) is 0.370. The van der Waals surface area contributed by atoms with Crippen LogP contribution in [0.5, 0.6) is 0 Å². The van der Waals surface area contributed by atoms with Gasteiger partial charge in [-0.1, -0.05) is 63.2 Å². The molecule has 0 radical (unpaired) electrons. The van der Waals surface area contributed by atoms with Crippen molar-refractivity contribution in [1.29, 1.82) is 0 Å². The molecule has 2 N–H and O–H groups in total. The highest BCUT2D eigenvalue weighted by Gasteiger charge is 2.19. The highest BCUT2D eigenvalue weighted by atomic mass is 16.2. The van der Waals surface area contributed by atoms with Gasteiger partial charge in [0.25, 0.3) is 5.91 Å². The number of carbonyl (C=O) groups excluding carboxylic acids is 2. The first kappa shape index (κ1) is 24.2. The van der Waals surface area contributed by atoms with E-state index < -0.39 is 6.04 Å². The molecule has 0 aliphatic carbocycles. The first-order valence-corrected chi connectivity index (χ1v) is 11.3. The average molecular weight is 447 g/mol. The van der Waals surface area contributed by atoms with Crippen molar-refractivity contribution in [3.63, 3.8) is 0 Å². The largest absolute Gasteiger partial charge is 0.350 e. The number of nitrogens with zero attached hydrogens (tertiary/aromatic N) is 2. The zero-order valence-electron chi connectivity index (χ0n) is 20.4. The Labute approximate surface area is 196 Å². The van der Waals surface area contributed by atoms with Gasteiger partial charge in [0.2, 0.25) is 5.91 Å². The molecular formula is C27H34N4O2. The maximum atomic E-state index is 12.6. The van der Waals surface area contributed by atoms with E-state index in [0.717, 1.165) is 22.5 Å². The minimum absolute atomic E-state index is 0.0212. The molecule has 174 valence electrons. The van der Waals surface area contributed by atoms with Crippen molar-refractivity contribution >= 4 is 11.8 Å². The molecule has 1 heterocycles. The summed E-state index contributed by atoms with van der Waals surface area (Å²) < 4.78 is 1.96. The molecule has 3 rings (SSSR count). The first-order valence-electron chi connectivity index (χ1n) is 11.3. The lowest BCUT2D eigenvalue weighted by Gasteiger charge is -2.19. The number of hydrogen-bond donors (Lipinski definition) is 2. The summed E-state index contributed by atoms with van der Waals surface area (Å²) in [6, 6.07) is 17.0. The Kier molecular flexibility index (Phi) is 7.36. The Hall–Kier alpha value is -3.41. The van der Waals surface area contributed by atoms with Gasteiger partial charge in [-0.15, -0.1) is 0 Å². The second-order valence-electron chi connectivity index (χ2n) is 9.53. The average Bonchev–Trinajstić information content (AvgIpc) is 3.04. The minimum atomic E-state index is -0.653. The van der Waals surface area contributed by atoms with E-state index in [1.807, 2.05) is 48.9 Å². The van der Waals surface area contributed by atoms with E-state index in [2.05, 4.69) is 48.6 Å². The zero-order chi connectivity index (χ0) is 24.2. The Morgan fingerprint density at radius 1 is 1.00 bits per heavy atom. The van der Waals surface area contributed by atoms with Crippen molar-refractivity contribution in [3.8, 4) is 0 Å². The number of aryl methyl sites for hydroxylation is 1. The Bertz CT molecular complexity index is 1110. The molecule has 0 fully saturated rings. The summed E-state index contributed by atoms with van der Waals surface area (Å²) in [5.41, 5.74) is 5.79. The topological polar surface area (TPSA) is 76.0 Å². The highest BCUT2D eigenvalue weighted by Crippen LogP contribution is 2.22. The second-order valence-corrected chi connectivity index (χ2v) is 9.53. The van der Waals surface area contributed by atoms with Gasteiger partial charge >= 0.3 is 0 Å². The van der Waals surface area contributed by atoms with Crippen LogP contribution in [0.25, 0.3) is 0 Å². The second kappa shape index (κ2) is 10.0. The number of benzene rings is 2. The van der Waals surface area contributed by atoms with Crippen molar-refractivity contribution in [3.05, 3.63) is 88.2 Å². The lowest BCUT2D eigenvalue weighted by Crippen LogP contribution is -2.44. The fourth-order valence-corrected chi connectivity index (χ4v) is 3.70.